The Morgan fingerprint density at radius 3 is 1.78 bits per heavy atom. The van der Waals surface area contributed by atoms with Gasteiger partial charge in [-0.1, -0.05) is 67.0 Å². The van der Waals surface area contributed by atoms with Crippen molar-refractivity contribution in [3.63, 3.8) is 0 Å². The second-order valence-corrected chi connectivity index (χ2v) is 18.9. The van der Waals surface area contributed by atoms with E-state index in [-0.39, 0.29) is 35.0 Å². The Kier molecular flexibility index (Phi) is 6.04. The van der Waals surface area contributed by atoms with E-state index in [4.69, 9.17) is 34.0 Å². The minimum absolute atomic E-state index is 0.114. The number of hydrogen-bond donors (Lipinski definition) is 0. The molecule has 0 aliphatic carbocycles. The van der Waals surface area contributed by atoms with Crippen molar-refractivity contribution in [2.24, 2.45) is 0 Å². The van der Waals surface area contributed by atoms with Crippen LogP contribution in [0.25, 0.3) is 0 Å². The van der Waals surface area contributed by atoms with E-state index in [1.54, 1.807) is 0 Å². The smallest absolute Gasteiger partial charge is 0.335 e. The zero-order valence-electron chi connectivity index (χ0n) is 18.2. The molecule has 1 spiro atoms. The molecule has 0 aromatic rings. The SMILES string of the molecule is CC(C)[Si]1(C(C)C)OC[C@H]2O[C@@H](C)[C@@]3(OC3Cl)C2O[Si](C(C)C)(C(C)C)O1. The molecule has 158 valence electrons. The number of hydrogen-bond acceptors (Lipinski definition) is 5. The van der Waals surface area contributed by atoms with Gasteiger partial charge >= 0.3 is 17.1 Å². The summed E-state index contributed by atoms with van der Waals surface area (Å²) in [6, 6.07) is 0. The summed E-state index contributed by atoms with van der Waals surface area (Å²) in [7, 11) is -5.18. The fourth-order valence-corrected chi connectivity index (χ4v) is 16.7. The lowest BCUT2D eigenvalue weighted by Crippen LogP contribution is -2.66. The molecule has 3 rings (SSSR count). The largest absolute Gasteiger partial charge is 0.414 e. The first kappa shape index (κ1) is 22.2. The molecular weight excluding hydrogens is 400 g/mol. The summed E-state index contributed by atoms with van der Waals surface area (Å²) in [5.41, 5.74) is 0.276. The molecule has 27 heavy (non-hydrogen) atoms. The van der Waals surface area contributed by atoms with Gasteiger partial charge in [-0.15, -0.1) is 0 Å². The van der Waals surface area contributed by atoms with E-state index in [1.165, 1.54) is 0 Å². The molecule has 5 atom stereocenters. The topological polar surface area (TPSA) is 49.5 Å². The number of halogens is 1. The van der Waals surface area contributed by atoms with Crippen LogP contribution >= 0.6 is 11.6 Å². The Labute approximate surface area is 171 Å². The van der Waals surface area contributed by atoms with Crippen LogP contribution in [0, 0.1) is 0 Å². The van der Waals surface area contributed by atoms with E-state index in [0.717, 1.165) is 0 Å². The van der Waals surface area contributed by atoms with Crippen molar-refractivity contribution in [1.82, 2.24) is 0 Å². The molecule has 0 N–H and O–H groups in total. The van der Waals surface area contributed by atoms with E-state index in [9.17, 15) is 0 Å². The third kappa shape index (κ3) is 3.21. The van der Waals surface area contributed by atoms with Gasteiger partial charge in [0.15, 0.2) is 11.2 Å². The highest BCUT2D eigenvalue weighted by Gasteiger charge is 2.74. The molecule has 0 bridgehead atoms. The summed E-state index contributed by atoms with van der Waals surface area (Å²) in [5.74, 6) is 0. The van der Waals surface area contributed by atoms with Crippen LogP contribution in [0.2, 0.25) is 22.2 Å². The molecule has 2 unspecified atom stereocenters. The van der Waals surface area contributed by atoms with Crippen LogP contribution in [0.3, 0.4) is 0 Å². The van der Waals surface area contributed by atoms with Crippen LogP contribution in [0.5, 0.6) is 0 Å². The summed E-state index contributed by atoms with van der Waals surface area (Å²) in [4.78, 5) is 0. The Balaban J connectivity index is 2.08. The first-order valence-corrected chi connectivity index (χ1v) is 14.8. The molecular formula is C19H37ClO5Si2. The highest BCUT2D eigenvalue weighted by Crippen LogP contribution is 2.56. The molecule has 0 aromatic heterocycles. The van der Waals surface area contributed by atoms with Gasteiger partial charge in [-0.05, 0) is 29.1 Å². The quantitative estimate of drug-likeness (QED) is 0.350. The maximum Gasteiger partial charge on any atom is 0.335 e. The van der Waals surface area contributed by atoms with Gasteiger partial charge in [-0.25, -0.2) is 0 Å². The van der Waals surface area contributed by atoms with Gasteiger partial charge in [-0.3, -0.25) is 0 Å². The average Bonchev–Trinajstić information content (AvgIpc) is 3.14. The highest BCUT2D eigenvalue weighted by atomic mass is 35.5. The van der Waals surface area contributed by atoms with Crippen LogP contribution in [-0.2, 0) is 22.4 Å². The minimum Gasteiger partial charge on any atom is -0.414 e. The fraction of sp³-hybridized carbons (Fsp3) is 1.00. The van der Waals surface area contributed by atoms with Gasteiger partial charge in [-0.2, -0.15) is 0 Å². The van der Waals surface area contributed by atoms with Crippen LogP contribution in [0.1, 0.15) is 62.3 Å². The minimum atomic E-state index is -2.66. The number of epoxide rings is 1. The van der Waals surface area contributed by atoms with Crippen LogP contribution < -0.4 is 0 Å². The second-order valence-electron chi connectivity index (χ2n) is 9.62. The Morgan fingerprint density at radius 1 is 0.889 bits per heavy atom. The summed E-state index contributed by atoms with van der Waals surface area (Å²) in [6.45, 7) is 20.3. The maximum atomic E-state index is 7.19. The third-order valence-electron chi connectivity index (χ3n) is 6.72. The van der Waals surface area contributed by atoms with Crippen molar-refractivity contribution in [1.29, 1.82) is 0 Å². The molecule has 5 nitrogen and oxygen atoms in total. The van der Waals surface area contributed by atoms with E-state index < -0.39 is 22.7 Å². The predicted octanol–water partition coefficient (Wildman–Crippen LogP) is 5.06. The summed E-state index contributed by atoms with van der Waals surface area (Å²) < 4.78 is 33.1. The number of alkyl halides is 1. The molecule has 3 aliphatic rings. The molecule has 0 amide bonds. The zero-order chi connectivity index (χ0) is 20.4. The first-order chi connectivity index (χ1) is 12.4. The van der Waals surface area contributed by atoms with Crippen LogP contribution in [-0.4, -0.2) is 53.2 Å². The van der Waals surface area contributed by atoms with Crippen molar-refractivity contribution >= 4 is 28.7 Å². The maximum absolute atomic E-state index is 7.19. The van der Waals surface area contributed by atoms with Gasteiger partial charge in [0.25, 0.3) is 0 Å². The molecule has 8 heteroatoms. The lowest BCUT2D eigenvalue weighted by molar-refractivity contribution is -0.0351. The Bertz CT molecular complexity index is 542. The van der Waals surface area contributed by atoms with Gasteiger partial charge in [0.05, 0.1) is 12.7 Å². The molecule has 0 radical (unpaired) electrons. The van der Waals surface area contributed by atoms with Gasteiger partial charge in [0, 0.05) is 0 Å². The van der Waals surface area contributed by atoms with E-state index in [1.807, 2.05) is 6.92 Å². The highest BCUT2D eigenvalue weighted by molar-refractivity contribution is 6.84. The zero-order valence-corrected chi connectivity index (χ0v) is 21.0. The molecule has 3 aliphatic heterocycles. The Morgan fingerprint density at radius 2 is 1.37 bits per heavy atom. The molecule has 0 saturated carbocycles. The van der Waals surface area contributed by atoms with Crippen molar-refractivity contribution in [2.45, 2.75) is 114 Å². The van der Waals surface area contributed by atoms with E-state index in [2.05, 4.69) is 55.4 Å². The lowest BCUT2D eigenvalue weighted by atomic mass is 9.98. The van der Waals surface area contributed by atoms with Gasteiger partial charge in [0.1, 0.15) is 12.2 Å². The molecule has 0 aromatic carbocycles. The predicted molar refractivity (Wildman–Crippen MR) is 112 cm³/mol. The van der Waals surface area contributed by atoms with Gasteiger partial charge in [0.2, 0.25) is 0 Å². The van der Waals surface area contributed by atoms with Crippen molar-refractivity contribution < 1.29 is 22.4 Å². The summed E-state index contributed by atoms with van der Waals surface area (Å²) in [6.07, 6.45) is -0.518. The molecule has 3 saturated heterocycles. The normalized spacial score (nSPS) is 40.7. The summed E-state index contributed by atoms with van der Waals surface area (Å²) in [5, 5.41) is 0. The fourth-order valence-electron chi connectivity index (χ4n) is 5.00. The third-order valence-corrected chi connectivity index (χ3v) is 17.4. The summed E-state index contributed by atoms with van der Waals surface area (Å²) >= 11 is 6.43. The van der Waals surface area contributed by atoms with Crippen molar-refractivity contribution in [2.75, 3.05) is 6.61 Å². The number of fused-ring (bicyclic) bond motifs is 2. The van der Waals surface area contributed by atoms with Gasteiger partial charge < -0.3 is 22.4 Å². The van der Waals surface area contributed by atoms with E-state index in [0.29, 0.717) is 17.7 Å². The molecule has 3 fully saturated rings. The van der Waals surface area contributed by atoms with Crippen molar-refractivity contribution in [3.8, 4) is 0 Å². The number of rotatable bonds is 4. The first-order valence-electron chi connectivity index (χ1n) is 10.4. The Hall–Kier alpha value is 0.524. The van der Waals surface area contributed by atoms with Crippen molar-refractivity contribution in [3.05, 3.63) is 0 Å². The standard InChI is InChI=1S/C19H37ClO5Si2/c1-11(2)26(12(3)4)21-10-16-17(19(15(9)22-16)18(20)23-19)24-27(25-26,13(5)6)14(7)8/h11-18H,10H2,1-9H3/t15-,16+,17?,18?,19+/m0/s1. The van der Waals surface area contributed by atoms with Crippen LogP contribution in [0.4, 0.5) is 0 Å². The second kappa shape index (κ2) is 7.34. The molecule has 3 heterocycles. The monoisotopic (exact) mass is 436 g/mol. The lowest BCUT2D eigenvalue weighted by Gasteiger charge is -2.51. The van der Waals surface area contributed by atoms with E-state index >= 15 is 0 Å². The number of ether oxygens (including phenoxy) is 2. The average molecular weight is 437 g/mol. The van der Waals surface area contributed by atoms with Crippen LogP contribution in [0.15, 0.2) is 0 Å².